The van der Waals surface area contributed by atoms with Crippen LogP contribution in [-0.4, -0.2) is 53.4 Å². The number of rotatable bonds is 6. The Kier molecular flexibility index (Phi) is 6.44. The van der Waals surface area contributed by atoms with Crippen molar-refractivity contribution in [2.45, 2.75) is 51.3 Å². The number of ether oxygens (including phenoxy) is 1. The molecule has 6 rings (SSSR count). The van der Waals surface area contributed by atoms with Gasteiger partial charge >= 0.3 is 12.1 Å². The average molecular weight is 549 g/mol. The lowest BCUT2D eigenvalue weighted by atomic mass is 10.0. The molecule has 1 aliphatic carbocycles. The van der Waals surface area contributed by atoms with Gasteiger partial charge < -0.3 is 24.6 Å². The zero-order chi connectivity index (χ0) is 28.1. The lowest BCUT2D eigenvalue weighted by Crippen LogP contribution is -2.33. The van der Waals surface area contributed by atoms with E-state index in [0.29, 0.717) is 36.5 Å². The fourth-order valence-corrected chi connectivity index (χ4v) is 5.62. The summed E-state index contributed by atoms with van der Waals surface area (Å²) in [5, 5.41) is 12.3. The number of aromatic carboxylic acids is 1. The number of pyridine rings is 1. The Bertz CT molecular complexity index is 1610. The second-order valence-corrected chi connectivity index (χ2v) is 10.7. The van der Waals surface area contributed by atoms with Crippen LogP contribution >= 0.6 is 0 Å². The van der Waals surface area contributed by atoms with Gasteiger partial charge in [-0.05, 0) is 61.1 Å². The van der Waals surface area contributed by atoms with Crippen molar-refractivity contribution >= 4 is 40.2 Å². The molecule has 10 nitrogen and oxygen atoms in total. The molecule has 3 aromatic rings. The minimum absolute atomic E-state index is 0.0715. The summed E-state index contributed by atoms with van der Waals surface area (Å²) in [7, 11) is 0. The van der Waals surface area contributed by atoms with Crippen LogP contribution < -0.4 is 20.5 Å². The molecule has 0 spiro atoms. The summed E-state index contributed by atoms with van der Waals surface area (Å²) in [6, 6.07) is 8.69. The van der Waals surface area contributed by atoms with Crippen LogP contribution in [0.4, 0.5) is 20.6 Å². The van der Waals surface area contributed by atoms with Crippen LogP contribution in [0.5, 0.6) is 0 Å². The largest absolute Gasteiger partial charge is 0.477 e. The number of anilines is 2. The van der Waals surface area contributed by atoms with Gasteiger partial charge in [0, 0.05) is 43.3 Å². The third kappa shape index (κ3) is 4.76. The summed E-state index contributed by atoms with van der Waals surface area (Å²) in [6.45, 7) is 3.02. The zero-order valence-corrected chi connectivity index (χ0v) is 22.0. The topological polar surface area (TPSA) is 121 Å². The first-order valence-electron chi connectivity index (χ1n) is 13.4. The van der Waals surface area contributed by atoms with Crippen LogP contribution in [0.3, 0.4) is 0 Å². The molecule has 1 saturated heterocycles. The van der Waals surface area contributed by atoms with Crippen LogP contribution in [-0.2, 0) is 22.5 Å². The fourth-order valence-electron chi connectivity index (χ4n) is 5.62. The Balaban J connectivity index is 1.29. The molecule has 1 atom stereocenters. The number of halogens is 1. The van der Waals surface area contributed by atoms with Gasteiger partial charge in [-0.15, -0.1) is 0 Å². The number of carboxylic acids is 1. The van der Waals surface area contributed by atoms with Crippen LogP contribution in [0.2, 0.25) is 0 Å². The van der Waals surface area contributed by atoms with Crippen molar-refractivity contribution in [3.8, 4) is 0 Å². The number of fused-ring (bicyclic) bond motifs is 2. The van der Waals surface area contributed by atoms with Crippen molar-refractivity contribution in [2.75, 3.05) is 29.4 Å². The number of carbonyl (C=O) groups is 3. The molecule has 1 aromatic heterocycles. The smallest absolute Gasteiger partial charge is 0.414 e. The number of benzene rings is 2. The molecular weight excluding hydrogens is 519 g/mol. The molecule has 0 bridgehead atoms. The fraction of sp³-hybridized carbons (Fsp3) is 0.379. The third-order valence-electron chi connectivity index (χ3n) is 7.80. The number of carboxylic acid groups (broad SMARTS) is 1. The van der Waals surface area contributed by atoms with Gasteiger partial charge in [0.2, 0.25) is 11.3 Å². The van der Waals surface area contributed by atoms with Gasteiger partial charge in [-0.1, -0.05) is 6.07 Å². The Morgan fingerprint density at radius 3 is 2.67 bits per heavy atom. The number of carbonyl (C=O) groups excluding carboxylic acids is 2. The number of hydrogen-bond acceptors (Lipinski definition) is 6. The van der Waals surface area contributed by atoms with E-state index in [1.165, 1.54) is 19.2 Å². The lowest BCUT2D eigenvalue weighted by Gasteiger charge is -2.25. The Labute approximate surface area is 228 Å². The van der Waals surface area contributed by atoms with E-state index in [9.17, 15) is 24.3 Å². The molecule has 2 aromatic carbocycles. The van der Waals surface area contributed by atoms with E-state index in [1.807, 2.05) is 23.1 Å². The molecule has 1 unspecified atom stereocenters. The van der Waals surface area contributed by atoms with E-state index in [2.05, 4.69) is 5.32 Å². The molecule has 0 radical (unpaired) electrons. The predicted molar refractivity (Wildman–Crippen MR) is 146 cm³/mol. The number of nitrogens with one attached hydrogen (secondary N) is 1. The van der Waals surface area contributed by atoms with E-state index in [4.69, 9.17) is 4.74 Å². The summed E-state index contributed by atoms with van der Waals surface area (Å²) >= 11 is 0. The first-order valence-corrected chi connectivity index (χ1v) is 13.4. The number of cyclic esters (lactones) is 1. The number of hydrogen-bond donors (Lipinski definition) is 2. The second-order valence-electron chi connectivity index (χ2n) is 10.7. The van der Waals surface area contributed by atoms with E-state index >= 15 is 4.39 Å². The highest BCUT2D eigenvalue weighted by Gasteiger charge is 2.33. The standard InChI is InChI=1S/C29H29FN4O6/c1-16(35)31-12-21-14-34(29(39)40-21)20-5-4-18-13-32(8-2-3-17(18)9-20)26-11-25-22(10-24(26)30)27(36)23(28(37)38)15-33(25)19-6-7-19/h4-5,9-11,15,19,21H,2-3,6-8,12-14H2,1H3,(H,31,35)(H,37,38). The molecular formula is C29H29FN4O6. The van der Waals surface area contributed by atoms with Gasteiger partial charge in [0.15, 0.2) is 0 Å². The van der Waals surface area contributed by atoms with Gasteiger partial charge in [0.25, 0.3) is 0 Å². The van der Waals surface area contributed by atoms with Crippen LogP contribution in [0.25, 0.3) is 10.9 Å². The minimum Gasteiger partial charge on any atom is -0.477 e. The average Bonchev–Trinajstić information content (AvgIpc) is 3.71. The normalized spacial score (nSPS) is 18.9. The van der Waals surface area contributed by atoms with Crippen molar-refractivity contribution in [2.24, 2.45) is 0 Å². The Morgan fingerprint density at radius 2 is 1.95 bits per heavy atom. The van der Waals surface area contributed by atoms with Gasteiger partial charge in [-0.25, -0.2) is 14.0 Å². The van der Waals surface area contributed by atoms with Crippen molar-refractivity contribution < 1.29 is 28.6 Å². The molecule has 40 heavy (non-hydrogen) atoms. The highest BCUT2D eigenvalue weighted by atomic mass is 19.1. The number of amides is 2. The van der Waals surface area contributed by atoms with Crippen LogP contribution in [0.15, 0.2) is 41.3 Å². The van der Waals surface area contributed by atoms with Gasteiger partial charge in [-0.3, -0.25) is 14.5 Å². The van der Waals surface area contributed by atoms with Gasteiger partial charge in [-0.2, -0.15) is 0 Å². The molecule has 2 fully saturated rings. The van der Waals surface area contributed by atoms with Gasteiger partial charge in [0.05, 0.1) is 24.3 Å². The van der Waals surface area contributed by atoms with Crippen molar-refractivity contribution in [3.63, 3.8) is 0 Å². The molecule has 2 N–H and O–H groups in total. The quantitative estimate of drug-likeness (QED) is 0.483. The van der Waals surface area contributed by atoms with E-state index in [-0.39, 0.29) is 29.4 Å². The molecule has 11 heteroatoms. The summed E-state index contributed by atoms with van der Waals surface area (Å²) in [4.78, 5) is 51.7. The molecule has 208 valence electrons. The van der Waals surface area contributed by atoms with E-state index < -0.39 is 29.4 Å². The molecule has 3 heterocycles. The van der Waals surface area contributed by atoms with Crippen LogP contribution in [0, 0.1) is 5.82 Å². The van der Waals surface area contributed by atoms with Crippen LogP contribution in [0.1, 0.15) is 53.7 Å². The van der Waals surface area contributed by atoms with Crippen molar-refractivity contribution in [1.29, 1.82) is 0 Å². The number of aromatic nitrogens is 1. The molecule has 2 aliphatic heterocycles. The summed E-state index contributed by atoms with van der Waals surface area (Å²) in [5.41, 5.74) is 2.64. The van der Waals surface area contributed by atoms with E-state index in [1.54, 1.807) is 15.5 Å². The maximum Gasteiger partial charge on any atom is 0.414 e. The first kappa shape index (κ1) is 25.8. The molecule has 1 saturated carbocycles. The predicted octanol–water partition coefficient (Wildman–Crippen LogP) is 3.59. The third-order valence-corrected chi connectivity index (χ3v) is 7.80. The van der Waals surface area contributed by atoms with Crippen molar-refractivity contribution in [3.05, 3.63) is 69.3 Å². The number of aryl methyl sites for hydroxylation is 1. The second kappa shape index (κ2) is 9.96. The SMILES string of the molecule is CC(=O)NCC1CN(c2ccc3c(c2)CCCN(c2cc4c(cc2F)c(=O)c(C(=O)O)cn4C2CC2)C3)C(=O)O1. The Hall–Kier alpha value is -4.41. The summed E-state index contributed by atoms with van der Waals surface area (Å²) in [6.07, 6.45) is 3.73. The number of nitrogens with zero attached hydrogens (tertiary/aromatic N) is 3. The zero-order valence-electron chi connectivity index (χ0n) is 22.0. The Morgan fingerprint density at radius 1 is 1.15 bits per heavy atom. The summed E-state index contributed by atoms with van der Waals surface area (Å²) < 4.78 is 22.7. The monoisotopic (exact) mass is 548 g/mol. The molecule has 2 amide bonds. The summed E-state index contributed by atoms with van der Waals surface area (Å²) in [5.74, 6) is -2.08. The molecule has 3 aliphatic rings. The minimum atomic E-state index is -1.32. The maximum atomic E-state index is 15.5. The van der Waals surface area contributed by atoms with E-state index in [0.717, 1.165) is 36.8 Å². The van der Waals surface area contributed by atoms with Crippen molar-refractivity contribution in [1.82, 2.24) is 9.88 Å². The van der Waals surface area contributed by atoms with Gasteiger partial charge in [0.1, 0.15) is 17.5 Å². The highest BCUT2D eigenvalue weighted by molar-refractivity contribution is 5.94. The first-order chi connectivity index (χ1) is 19.2. The maximum absolute atomic E-state index is 15.5. The highest BCUT2D eigenvalue weighted by Crippen LogP contribution is 2.39. The lowest BCUT2D eigenvalue weighted by molar-refractivity contribution is -0.119.